The van der Waals surface area contributed by atoms with Crippen molar-refractivity contribution in [2.24, 2.45) is 0 Å². The summed E-state index contributed by atoms with van der Waals surface area (Å²) in [7, 11) is 0. The molecule has 0 radical (unpaired) electrons. The molecule has 0 aliphatic heterocycles. The van der Waals surface area contributed by atoms with Crippen molar-refractivity contribution in [3.8, 4) is 0 Å². The Balaban J connectivity index is 2.16. The van der Waals surface area contributed by atoms with Crippen molar-refractivity contribution in [1.82, 2.24) is 14.8 Å². The minimum atomic E-state index is -0.291. The monoisotopic (exact) mass is 278 g/mol. The molecule has 0 spiro atoms. The van der Waals surface area contributed by atoms with Crippen molar-refractivity contribution in [3.05, 3.63) is 40.9 Å². The minimum absolute atomic E-state index is 0.246. The first-order chi connectivity index (χ1) is 8.97. The van der Waals surface area contributed by atoms with Crippen LogP contribution in [0.5, 0.6) is 0 Å². The Hall–Kier alpha value is -1.88. The zero-order valence-corrected chi connectivity index (χ0v) is 11.8. The average molecular weight is 279 g/mol. The molecule has 2 aromatic rings. The van der Waals surface area contributed by atoms with E-state index in [-0.39, 0.29) is 11.9 Å². The molecule has 0 saturated heterocycles. The number of rotatable bonds is 3. The topological polar surface area (TPSA) is 59.8 Å². The lowest BCUT2D eigenvalue weighted by molar-refractivity contribution is 0.102. The second-order valence-electron chi connectivity index (χ2n) is 4.56. The Bertz CT molecular complexity index is 606. The maximum Gasteiger partial charge on any atom is 0.258 e. The maximum atomic E-state index is 12.1. The van der Waals surface area contributed by atoms with Gasteiger partial charge in [-0.15, -0.1) is 0 Å². The molecule has 2 rings (SSSR count). The van der Waals surface area contributed by atoms with Crippen LogP contribution in [0.1, 0.15) is 35.9 Å². The fraction of sp³-hybridized carbons (Fsp3) is 0.308. The second kappa shape index (κ2) is 5.40. The van der Waals surface area contributed by atoms with Gasteiger partial charge in [-0.05, 0) is 26.8 Å². The van der Waals surface area contributed by atoms with Gasteiger partial charge in [0.05, 0.1) is 22.5 Å². The van der Waals surface area contributed by atoms with Gasteiger partial charge >= 0.3 is 0 Å². The number of amides is 1. The van der Waals surface area contributed by atoms with Gasteiger partial charge in [-0.2, -0.15) is 5.10 Å². The first-order valence-electron chi connectivity index (χ1n) is 5.95. The molecule has 100 valence electrons. The number of hydrogen-bond acceptors (Lipinski definition) is 3. The Morgan fingerprint density at radius 1 is 1.42 bits per heavy atom. The molecule has 2 heterocycles. The third-order valence-electron chi connectivity index (χ3n) is 2.62. The van der Waals surface area contributed by atoms with Crippen molar-refractivity contribution in [3.63, 3.8) is 0 Å². The van der Waals surface area contributed by atoms with E-state index >= 15 is 0 Å². The highest BCUT2D eigenvalue weighted by atomic mass is 35.5. The Morgan fingerprint density at radius 3 is 2.74 bits per heavy atom. The van der Waals surface area contributed by atoms with Crippen LogP contribution in [0.25, 0.3) is 0 Å². The number of carbonyl (C=O) groups excluding carboxylic acids is 1. The van der Waals surface area contributed by atoms with Crippen molar-refractivity contribution >= 4 is 23.2 Å². The third-order valence-corrected chi connectivity index (χ3v) is 2.94. The number of nitrogens with zero attached hydrogens (tertiary/aromatic N) is 3. The normalized spacial score (nSPS) is 10.8. The molecule has 5 nitrogen and oxygen atoms in total. The molecule has 0 unspecified atom stereocenters. The van der Waals surface area contributed by atoms with Gasteiger partial charge in [0.25, 0.3) is 5.91 Å². The van der Waals surface area contributed by atoms with Gasteiger partial charge in [-0.25, -0.2) is 0 Å². The fourth-order valence-corrected chi connectivity index (χ4v) is 1.87. The number of hydrogen-bond donors (Lipinski definition) is 1. The van der Waals surface area contributed by atoms with Crippen molar-refractivity contribution < 1.29 is 4.79 Å². The summed E-state index contributed by atoms with van der Waals surface area (Å²) < 4.78 is 1.77. The van der Waals surface area contributed by atoms with Crippen LogP contribution in [-0.4, -0.2) is 20.7 Å². The summed E-state index contributed by atoms with van der Waals surface area (Å²) >= 11 is 6.02. The summed E-state index contributed by atoms with van der Waals surface area (Å²) in [5, 5.41) is 7.29. The quantitative estimate of drug-likeness (QED) is 0.938. The van der Waals surface area contributed by atoms with Crippen LogP contribution in [-0.2, 0) is 0 Å². The molecule has 0 saturated carbocycles. The van der Waals surface area contributed by atoms with Crippen LogP contribution in [0, 0.1) is 6.92 Å². The van der Waals surface area contributed by atoms with Gasteiger partial charge in [0.1, 0.15) is 0 Å². The lowest BCUT2D eigenvalue weighted by atomic mass is 10.2. The Kier molecular flexibility index (Phi) is 3.85. The fourth-order valence-electron chi connectivity index (χ4n) is 1.58. The van der Waals surface area contributed by atoms with E-state index in [0.29, 0.717) is 16.3 Å². The summed E-state index contributed by atoms with van der Waals surface area (Å²) in [6.07, 6.45) is 4.85. The zero-order valence-electron chi connectivity index (χ0n) is 11.0. The third kappa shape index (κ3) is 3.12. The molecule has 2 aromatic heterocycles. The molecular weight excluding hydrogens is 264 g/mol. The van der Waals surface area contributed by atoms with Gasteiger partial charge in [0, 0.05) is 24.1 Å². The first kappa shape index (κ1) is 13.5. The number of aromatic nitrogens is 3. The summed E-state index contributed by atoms with van der Waals surface area (Å²) in [6.45, 7) is 5.85. The number of aryl methyl sites for hydroxylation is 1. The number of anilines is 1. The second-order valence-corrected chi connectivity index (χ2v) is 4.97. The van der Waals surface area contributed by atoms with E-state index in [4.69, 9.17) is 11.6 Å². The molecule has 0 aliphatic carbocycles. The van der Waals surface area contributed by atoms with Gasteiger partial charge < -0.3 is 5.32 Å². The lowest BCUT2D eigenvalue weighted by Crippen LogP contribution is -2.12. The molecular formula is C13H15ClN4O. The molecule has 6 heteroatoms. The van der Waals surface area contributed by atoms with Crippen LogP contribution in [0.15, 0.2) is 24.7 Å². The van der Waals surface area contributed by atoms with E-state index in [2.05, 4.69) is 15.4 Å². The van der Waals surface area contributed by atoms with Gasteiger partial charge in [-0.1, -0.05) is 11.6 Å². The van der Waals surface area contributed by atoms with E-state index in [1.54, 1.807) is 23.1 Å². The van der Waals surface area contributed by atoms with Gasteiger partial charge in [-0.3, -0.25) is 14.5 Å². The molecule has 19 heavy (non-hydrogen) atoms. The lowest BCUT2D eigenvalue weighted by Gasteiger charge is -2.05. The van der Waals surface area contributed by atoms with E-state index in [0.717, 1.165) is 5.69 Å². The summed E-state index contributed by atoms with van der Waals surface area (Å²) in [4.78, 5) is 16.1. The predicted molar refractivity (Wildman–Crippen MR) is 74.5 cm³/mol. The van der Waals surface area contributed by atoms with Crippen LogP contribution >= 0.6 is 11.6 Å². The Morgan fingerprint density at radius 2 is 2.16 bits per heavy atom. The zero-order chi connectivity index (χ0) is 14.0. The Labute approximate surface area is 116 Å². The highest BCUT2D eigenvalue weighted by Crippen LogP contribution is 2.18. The van der Waals surface area contributed by atoms with E-state index in [1.165, 1.54) is 6.20 Å². The summed E-state index contributed by atoms with van der Waals surface area (Å²) in [5.74, 6) is -0.291. The van der Waals surface area contributed by atoms with Crippen LogP contribution in [0.2, 0.25) is 5.02 Å². The standard InChI is InChI=1S/C13H15ClN4O/c1-8(2)18-7-10(5-16-18)17-13(19)11-6-15-9(3)4-12(11)14/h4-8H,1-3H3,(H,17,19). The summed E-state index contributed by atoms with van der Waals surface area (Å²) in [6, 6.07) is 1.91. The number of carbonyl (C=O) groups is 1. The molecule has 0 bridgehead atoms. The predicted octanol–water partition coefficient (Wildman–Crippen LogP) is 3.07. The van der Waals surface area contributed by atoms with Crippen molar-refractivity contribution in [2.75, 3.05) is 5.32 Å². The molecule has 0 fully saturated rings. The number of nitrogens with one attached hydrogen (secondary N) is 1. The van der Waals surface area contributed by atoms with Crippen LogP contribution < -0.4 is 5.32 Å². The maximum absolute atomic E-state index is 12.1. The SMILES string of the molecule is Cc1cc(Cl)c(C(=O)Nc2cnn(C(C)C)c2)cn1. The number of pyridine rings is 1. The van der Waals surface area contributed by atoms with Crippen molar-refractivity contribution in [1.29, 1.82) is 0 Å². The first-order valence-corrected chi connectivity index (χ1v) is 6.33. The summed E-state index contributed by atoms with van der Waals surface area (Å²) in [5.41, 5.74) is 1.76. The highest BCUT2D eigenvalue weighted by molar-refractivity contribution is 6.34. The number of halogens is 1. The van der Waals surface area contributed by atoms with Gasteiger partial charge in [0.2, 0.25) is 0 Å². The average Bonchev–Trinajstić information content (AvgIpc) is 2.77. The van der Waals surface area contributed by atoms with Gasteiger partial charge in [0.15, 0.2) is 0 Å². The molecule has 1 N–H and O–H groups in total. The molecule has 1 amide bonds. The highest BCUT2D eigenvalue weighted by Gasteiger charge is 2.12. The van der Waals surface area contributed by atoms with E-state index in [9.17, 15) is 4.79 Å². The van der Waals surface area contributed by atoms with Crippen LogP contribution in [0.3, 0.4) is 0 Å². The molecule has 0 aromatic carbocycles. The largest absolute Gasteiger partial charge is 0.319 e. The van der Waals surface area contributed by atoms with E-state index in [1.807, 2.05) is 20.8 Å². The molecule has 0 atom stereocenters. The smallest absolute Gasteiger partial charge is 0.258 e. The molecule has 0 aliphatic rings. The van der Waals surface area contributed by atoms with E-state index < -0.39 is 0 Å². The van der Waals surface area contributed by atoms with Crippen molar-refractivity contribution in [2.45, 2.75) is 26.8 Å². The minimum Gasteiger partial charge on any atom is -0.319 e. The van der Waals surface area contributed by atoms with Crippen LogP contribution in [0.4, 0.5) is 5.69 Å².